The number of benzene rings is 1. The van der Waals surface area contributed by atoms with Gasteiger partial charge in [-0.2, -0.15) is 5.10 Å². The molecule has 2 rings (SSSR count). The summed E-state index contributed by atoms with van der Waals surface area (Å²) in [6, 6.07) is 8.16. The minimum absolute atomic E-state index is 0.0160. The first-order valence-electron chi connectivity index (χ1n) is 5.90. The zero-order valence-electron chi connectivity index (χ0n) is 11.1. The summed E-state index contributed by atoms with van der Waals surface area (Å²) in [6.07, 6.45) is 0. The standard InChI is InChI=1S/C13H16N4O2/c1-13(2,3)11-8-12(14)16(15-11)9-6-4-5-7-10(9)17(18)19/h4-8H,14H2,1-3H3. The summed E-state index contributed by atoms with van der Waals surface area (Å²) in [4.78, 5) is 10.6. The van der Waals surface area contributed by atoms with Gasteiger partial charge in [0.1, 0.15) is 11.5 Å². The van der Waals surface area contributed by atoms with Gasteiger partial charge in [0.2, 0.25) is 0 Å². The Morgan fingerprint density at radius 1 is 1.32 bits per heavy atom. The van der Waals surface area contributed by atoms with Gasteiger partial charge in [0.05, 0.1) is 10.6 Å². The number of nitrogen functional groups attached to an aromatic ring is 1. The molecule has 0 amide bonds. The van der Waals surface area contributed by atoms with Crippen LogP contribution in [0, 0.1) is 10.1 Å². The normalized spacial score (nSPS) is 11.5. The molecule has 0 aliphatic carbocycles. The average Bonchev–Trinajstić information content (AvgIpc) is 2.71. The van der Waals surface area contributed by atoms with E-state index in [0.29, 0.717) is 11.5 Å². The van der Waals surface area contributed by atoms with Crippen molar-refractivity contribution in [2.24, 2.45) is 0 Å². The van der Waals surface area contributed by atoms with Gasteiger partial charge >= 0.3 is 0 Å². The first-order valence-corrected chi connectivity index (χ1v) is 5.90. The lowest BCUT2D eigenvalue weighted by Crippen LogP contribution is -2.13. The van der Waals surface area contributed by atoms with E-state index in [1.165, 1.54) is 10.7 Å². The summed E-state index contributed by atoms with van der Waals surface area (Å²) in [5.41, 5.74) is 6.91. The number of hydrogen-bond donors (Lipinski definition) is 1. The van der Waals surface area contributed by atoms with Crippen LogP contribution in [0.2, 0.25) is 0 Å². The van der Waals surface area contributed by atoms with Crippen LogP contribution in [0.15, 0.2) is 30.3 Å². The molecule has 1 heterocycles. The predicted molar refractivity (Wildman–Crippen MR) is 73.3 cm³/mol. The number of aromatic nitrogens is 2. The fraction of sp³-hybridized carbons (Fsp3) is 0.308. The Kier molecular flexibility index (Phi) is 3.01. The van der Waals surface area contributed by atoms with E-state index in [1.54, 1.807) is 24.3 Å². The quantitative estimate of drug-likeness (QED) is 0.664. The maximum Gasteiger partial charge on any atom is 0.294 e. The van der Waals surface area contributed by atoms with Crippen LogP contribution in [-0.4, -0.2) is 14.7 Å². The smallest absolute Gasteiger partial charge is 0.294 e. The molecule has 0 unspecified atom stereocenters. The fourth-order valence-electron chi connectivity index (χ4n) is 1.75. The topological polar surface area (TPSA) is 87.0 Å². The molecule has 0 aliphatic rings. The van der Waals surface area contributed by atoms with Gasteiger partial charge in [-0.1, -0.05) is 32.9 Å². The number of nitro benzene ring substituents is 1. The van der Waals surface area contributed by atoms with Gasteiger partial charge in [-0.3, -0.25) is 10.1 Å². The first kappa shape index (κ1) is 13.1. The van der Waals surface area contributed by atoms with Gasteiger partial charge in [-0.05, 0) is 6.07 Å². The highest BCUT2D eigenvalue weighted by atomic mass is 16.6. The van der Waals surface area contributed by atoms with Gasteiger partial charge in [0.25, 0.3) is 5.69 Å². The van der Waals surface area contributed by atoms with E-state index in [4.69, 9.17) is 5.73 Å². The van der Waals surface area contributed by atoms with Gasteiger partial charge in [-0.15, -0.1) is 0 Å². The Morgan fingerprint density at radius 2 is 1.95 bits per heavy atom. The van der Waals surface area contributed by atoms with Gasteiger partial charge < -0.3 is 5.73 Å². The highest BCUT2D eigenvalue weighted by Crippen LogP contribution is 2.28. The lowest BCUT2D eigenvalue weighted by atomic mass is 9.92. The number of anilines is 1. The largest absolute Gasteiger partial charge is 0.384 e. The molecule has 100 valence electrons. The minimum atomic E-state index is -0.437. The number of hydrogen-bond acceptors (Lipinski definition) is 4. The number of nitrogens with zero attached hydrogens (tertiary/aromatic N) is 3. The molecule has 0 radical (unpaired) electrons. The molecule has 0 aliphatic heterocycles. The van der Waals surface area contributed by atoms with Gasteiger partial charge in [0, 0.05) is 17.5 Å². The Labute approximate surface area is 111 Å². The molecule has 6 nitrogen and oxygen atoms in total. The second-order valence-electron chi connectivity index (χ2n) is 5.36. The third kappa shape index (κ3) is 2.42. The van der Waals surface area contributed by atoms with Gasteiger partial charge in [-0.25, -0.2) is 4.68 Å². The van der Waals surface area contributed by atoms with Crippen LogP contribution >= 0.6 is 0 Å². The van der Waals surface area contributed by atoms with Crippen molar-refractivity contribution < 1.29 is 4.92 Å². The zero-order valence-corrected chi connectivity index (χ0v) is 11.1. The van der Waals surface area contributed by atoms with Crippen LogP contribution in [0.5, 0.6) is 0 Å². The van der Waals surface area contributed by atoms with Crippen molar-refractivity contribution in [3.63, 3.8) is 0 Å². The summed E-state index contributed by atoms with van der Waals surface area (Å²) in [7, 11) is 0. The molecule has 2 N–H and O–H groups in total. The van der Waals surface area contributed by atoms with Crippen LogP contribution in [0.4, 0.5) is 11.5 Å². The van der Waals surface area contributed by atoms with Crippen molar-refractivity contribution in [2.45, 2.75) is 26.2 Å². The minimum Gasteiger partial charge on any atom is -0.384 e. The maximum absolute atomic E-state index is 11.0. The summed E-state index contributed by atoms with van der Waals surface area (Å²) < 4.78 is 1.42. The van der Waals surface area contributed by atoms with Crippen molar-refractivity contribution in [1.29, 1.82) is 0 Å². The molecular formula is C13H16N4O2. The Hall–Kier alpha value is -2.37. The van der Waals surface area contributed by atoms with Crippen LogP contribution in [0.1, 0.15) is 26.5 Å². The molecular weight excluding hydrogens is 244 g/mol. The van der Waals surface area contributed by atoms with Crippen molar-refractivity contribution >= 4 is 11.5 Å². The van der Waals surface area contributed by atoms with Crippen molar-refractivity contribution in [3.05, 3.63) is 46.1 Å². The number of nitrogens with two attached hydrogens (primary N) is 1. The molecule has 0 bridgehead atoms. The average molecular weight is 260 g/mol. The summed E-state index contributed by atoms with van der Waals surface area (Å²) in [5, 5.41) is 15.4. The van der Waals surface area contributed by atoms with E-state index in [2.05, 4.69) is 5.10 Å². The maximum atomic E-state index is 11.0. The first-order chi connectivity index (χ1) is 8.80. The summed E-state index contributed by atoms with van der Waals surface area (Å²) in [6.45, 7) is 6.04. The number of para-hydroxylation sites is 2. The molecule has 0 atom stereocenters. The zero-order chi connectivity index (χ0) is 14.2. The fourth-order valence-corrected chi connectivity index (χ4v) is 1.75. The van der Waals surface area contributed by atoms with Crippen molar-refractivity contribution in [1.82, 2.24) is 9.78 Å². The third-order valence-corrected chi connectivity index (χ3v) is 2.81. The summed E-state index contributed by atoms with van der Waals surface area (Å²) in [5.74, 6) is 0.388. The number of nitro groups is 1. The molecule has 6 heteroatoms. The highest BCUT2D eigenvalue weighted by molar-refractivity contribution is 5.55. The monoisotopic (exact) mass is 260 g/mol. The Balaban J connectivity index is 2.60. The van der Waals surface area contributed by atoms with E-state index in [0.717, 1.165) is 5.69 Å². The van der Waals surface area contributed by atoms with Crippen molar-refractivity contribution in [3.8, 4) is 5.69 Å². The van der Waals surface area contributed by atoms with Crippen LogP contribution in [0.25, 0.3) is 5.69 Å². The molecule has 2 aromatic rings. The second-order valence-corrected chi connectivity index (χ2v) is 5.36. The summed E-state index contributed by atoms with van der Waals surface area (Å²) >= 11 is 0. The lowest BCUT2D eigenvalue weighted by molar-refractivity contribution is -0.384. The Bertz CT molecular complexity index is 626. The Morgan fingerprint density at radius 3 is 2.47 bits per heavy atom. The van der Waals surface area contributed by atoms with E-state index < -0.39 is 4.92 Å². The molecule has 0 saturated carbocycles. The molecule has 1 aromatic carbocycles. The molecule has 0 fully saturated rings. The van der Waals surface area contributed by atoms with Crippen LogP contribution < -0.4 is 5.73 Å². The molecule has 1 aromatic heterocycles. The second kappa shape index (κ2) is 4.38. The van der Waals surface area contributed by atoms with Crippen LogP contribution in [-0.2, 0) is 5.41 Å². The third-order valence-electron chi connectivity index (χ3n) is 2.81. The van der Waals surface area contributed by atoms with E-state index in [-0.39, 0.29) is 11.1 Å². The van der Waals surface area contributed by atoms with Crippen molar-refractivity contribution in [2.75, 3.05) is 5.73 Å². The van der Waals surface area contributed by atoms with E-state index in [1.807, 2.05) is 20.8 Å². The van der Waals surface area contributed by atoms with Crippen LogP contribution in [0.3, 0.4) is 0 Å². The van der Waals surface area contributed by atoms with E-state index in [9.17, 15) is 10.1 Å². The SMILES string of the molecule is CC(C)(C)c1cc(N)n(-c2ccccc2[N+](=O)[O-])n1. The van der Waals surface area contributed by atoms with E-state index >= 15 is 0 Å². The molecule has 0 saturated heterocycles. The lowest BCUT2D eigenvalue weighted by Gasteiger charge is -2.14. The number of rotatable bonds is 2. The van der Waals surface area contributed by atoms with Gasteiger partial charge in [0.15, 0.2) is 0 Å². The predicted octanol–water partition coefficient (Wildman–Crippen LogP) is 2.66. The highest BCUT2D eigenvalue weighted by Gasteiger charge is 2.22. The molecule has 0 spiro atoms. The molecule has 19 heavy (non-hydrogen) atoms.